The number of methoxy groups -OCH3 is 1. The first kappa shape index (κ1) is 22.4. The molecule has 0 aliphatic rings. The van der Waals surface area contributed by atoms with E-state index in [0.717, 1.165) is 6.08 Å². The molecule has 0 N–H and O–H groups in total. The third-order valence-corrected chi connectivity index (χ3v) is 3.75. The molecule has 0 bridgehead atoms. The molecule has 30 heavy (non-hydrogen) atoms. The van der Waals surface area contributed by atoms with E-state index < -0.39 is 25.1 Å². The Balaban J connectivity index is 1.97. The van der Waals surface area contributed by atoms with Crippen molar-refractivity contribution >= 4 is 23.6 Å². The number of nitrogens with zero attached hydrogens (tertiary/aromatic N) is 2. The summed E-state index contributed by atoms with van der Waals surface area (Å²) >= 11 is 0. The van der Waals surface area contributed by atoms with Crippen LogP contribution >= 0.6 is 0 Å². The van der Waals surface area contributed by atoms with Crippen molar-refractivity contribution < 1.29 is 32.6 Å². The van der Waals surface area contributed by atoms with E-state index in [1.165, 1.54) is 36.3 Å². The van der Waals surface area contributed by atoms with Crippen molar-refractivity contribution in [1.82, 2.24) is 0 Å². The van der Waals surface area contributed by atoms with Gasteiger partial charge in [-0.1, -0.05) is 24.3 Å². The average molecular weight is 416 g/mol. The lowest BCUT2D eigenvalue weighted by Crippen LogP contribution is -2.34. The number of anilines is 1. The lowest BCUT2D eigenvalue weighted by Gasteiger charge is -2.19. The Kier molecular flexibility index (Phi) is 8.32. The van der Waals surface area contributed by atoms with Crippen molar-refractivity contribution in [1.29, 1.82) is 5.26 Å². The molecule has 7 nitrogen and oxygen atoms in total. The number of para-hydroxylation sites is 1. The van der Waals surface area contributed by atoms with Gasteiger partial charge < -0.3 is 14.2 Å². The van der Waals surface area contributed by atoms with E-state index in [1.54, 1.807) is 30.3 Å². The maximum absolute atomic E-state index is 12.4. The second-order valence-corrected chi connectivity index (χ2v) is 5.70. The number of rotatable bonds is 9. The van der Waals surface area contributed by atoms with Crippen LogP contribution in [0, 0.1) is 11.3 Å². The number of carbonyl (C=O) groups excluding carboxylic acids is 2. The van der Waals surface area contributed by atoms with Gasteiger partial charge in [-0.25, -0.2) is 4.79 Å². The molecule has 2 rings (SSSR count). The summed E-state index contributed by atoms with van der Waals surface area (Å²) in [6, 6.07) is 14.5. The third kappa shape index (κ3) is 6.60. The highest BCUT2D eigenvalue weighted by Crippen LogP contribution is 2.29. The van der Waals surface area contributed by atoms with E-state index in [-0.39, 0.29) is 18.0 Å². The zero-order valence-corrected chi connectivity index (χ0v) is 16.0. The fourth-order valence-electron chi connectivity index (χ4n) is 2.41. The minimum Gasteiger partial charge on any atom is -0.493 e. The maximum atomic E-state index is 12.4. The molecule has 9 heteroatoms. The first-order chi connectivity index (χ1) is 14.4. The Morgan fingerprint density at radius 2 is 1.90 bits per heavy atom. The summed E-state index contributed by atoms with van der Waals surface area (Å²) in [7, 11) is 1.29. The van der Waals surface area contributed by atoms with Crippen molar-refractivity contribution in [3.8, 4) is 17.6 Å². The van der Waals surface area contributed by atoms with Gasteiger partial charge in [-0.15, -0.1) is 0 Å². The van der Waals surface area contributed by atoms with Crippen LogP contribution in [-0.2, 0) is 14.3 Å². The van der Waals surface area contributed by atoms with E-state index in [4.69, 9.17) is 14.7 Å². The van der Waals surface area contributed by atoms with Crippen LogP contribution in [0.15, 0.2) is 54.6 Å². The van der Waals surface area contributed by atoms with E-state index in [0.29, 0.717) is 11.3 Å². The number of amides is 1. The van der Waals surface area contributed by atoms with Crippen LogP contribution in [-0.4, -0.2) is 38.7 Å². The second-order valence-electron chi connectivity index (χ2n) is 5.70. The molecule has 2 aromatic rings. The third-order valence-electron chi connectivity index (χ3n) is 3.75. The number of carbonyl (C=O) groups is 2. The van der Waals surface area contributed by atoms with Gasteiger partial charge in [0.15, 0.2) is 18.1 Å². The monoisotopic (exact) mass is 416 g/mol. The number of nitriles is 1. The van der Waals surface area contributed by atoms with Crippen LogP contribution in [0.2, 0.25) is 0 Å². The predicted molar refractivity (Wildman–Crippen MR) is 104 cm³/mol. The number of halogens is 2. The Bertz CT molecular complexity index is 942. The molecule has 2 aromatic carbocycles. The SMILES string of the molecule is COc1cc(/C=C/C(=O)OCC(=O)N(CC#N)c2ccccc2)ccc1OC(F)F. The highest BCUT2D eigenvalue weighted by molar-refractivity contribution is 5.96. The summed E-state index contributed by atoms with van der Waals surface area (Å²) in [5, 5.41) is 8.92. The van der Waals surface area contributed by atoms with E-state index >= 15 is 0 Å². The zero-order valence-electron chi connectivity index (χ0n) is 16.0. The highest BCUT2D eigenvalue weighted by Gasteiger charge is 2.16. The van der Waals surface area contributed by atoms with E-state index in [9.17, 15) is 18.4 Å². The normalized spacial score (nSPS) is 10.5. The average Bonchev–Trinajstić information content (AvgIpc) is 2.75. The molecule has 0 fully saturated rings. The summed E-state index contributed by atoms with van der Waals surface area (Å²) in [5.74, 6) is -1.42. The van der Waals surface area contributed by atoms with Gasteiger partial charge in [-0.3, -0.25) is 9.69 Å². The van der Waals surface area contributed by atoms with E-state index in [1.807, 2.05) is 6.07 Å². The molecule has 0 heterocycles. The van der Waals surface area contributed by atoms with Gasteiger partial charge in [0, 0.05) is 11.8 Å². The lowest BCUT2D eigenvalue weighted by molar-refractivity contribution is -0.142. The summed E-state index contributed by atoms with van der Waals surface area (Å²) in [6.45, 7) is -3.74. The minimum absolute atomic E-state index is 0.0657. The summed E-state index contributed by atoms with van der Waals surface area (Å²) in [5.41, 5.74) is 0.973. The smallest absolute Gasteiger partial charge is 0.387 e. The van der Waals surface area contributed by atoms with Gasteiger partial charge >= 0.3 is 12.6 Å². The summed E-state index contributed by atoms with van der Waals surface area (Å²) < 4.78 is 38.9. The fraction of sp³-hybridized carbons (Fsp3) is 0.190. The summed E-state index contributed by atoms with van der Waals surface area (Å²) in [4.78, 5) is 25.4. The molecular formula is C21H18F2N2O5. The van der Waals surface area contributed by atoms with Crippen LogP contribution in [0.4, 0.5) is 14.5 Å². The molecule has 0 aromatic heterocycles. The molecule has 0 aliphatic heterocycles. The first-order valence-electron chi connectivity index (χ1n) is 8.64. The summed E-state index contributed by atoms with van der Waals surface area (Å²) in [6.07, 6.45) is 2.44. The fourth-order valence-corrected chi connectivity index (χ4v) is 2.41. The number of hydrogen-bond donors (Lipinski definition) is 0. The Morgan fingerprint density at radius 1 is 1.17 bits per heavy atom. The molecule has 0 saturated heterocycles. The van der Waals surface area contributed by atoms with Crippen molar-refractivity contribution in [3.05, 3.63) is 60.2 Å². The van der Waals surface area contributed by atoms with Crippen LogP contribution in [0.1, 0.15) is 5.56 Å². The molecule has 0 unspecified atom stereocenters. The van der Waals surface area contributed by atoms with Gasteiger partial charge in [0.25, 0.3) is 5.91 Å². The second kappa shape index (κ2) is 11.2. The van der Waals surface area contributed by atoms with Crippen molar-refractivity contribution in [2.45, 2.75) is 6.61 Å². The van der Waals surface area contributed by atoms with Crippen molar-refractivity contribution in [3.63, 3.8) is 0 Å². The van der Waals surface area contributed by atoms with Crippen LogP contribution in [0.3, 0.4) is 0 Å². The van der Waals surface area contributed by atoms with Gasteiger partial charge in [-0.2, -0.15) is 14.0 Å². The molecular weight excluding hydrogens is 398 g/mol. The largest absolute Gasteiger partial charge is 0.493 e. The molecule has 0 atom stereocenters. The number of hydrogen-bond acceptors (Lipinski definition) is 6. The van der Waals surface area contributed by atoms with Gasteiger partial charge in [0.2, 0.25) is 0 Å². The van der Waals surface area contributed by atoms with Crippen LogP contribution in [0.5, 0.6) is 11.5 Å². The maximum Gasteiger partial charge on any atom is 0.387 e. The number of esters is 1. The quantitative estimate of drug-likeness (QED) is 0.354. The Hall–Kier alpha value is -3.93. The van der Waals surface area contributed by atoms with Gasteiger partial charge in [0.05, 0.1) is 13.2 Å². The Morgan fingerprint density at radius 3 is 2.53 bits per heavy atom. The molecule has 156 valence electrons. The highest BCUT2D eigenvalue weighted by atomic mass is 19.3. The first-order valence-corrected chi connectivity index (χ1v) is 8.64. The molecule has 0 aliphatic carbocycles. The van der Waals surface area contributed by atoms with Crippen molar-refractivity contribution in [2.24, 2.45) is 0 Å². The minimum atomic E-state index is -3.00. The standard InChI is InChI=1S/C21H18F2N2O5/c1-28-18-13-15(7-9-17(18)30-21(22)23)8-10-20(27)29-14-19(26)25(12-11-24)16-5-3-2-4-6-16/h2-10,13,21H,12,14H2,1H3/b10-8+. The molecule has 1 amide bonds. The van der Waals surface area contributed by atoms with Crippen molar-refractivity contribution in [2.75, 3.05) is 25.2 Å². The number of ether oxygens (including phenoxy) is 3. The zero-order chi connectivity index (χ0) is 21.9. The van der Waals surface area contributed by atoms with E-state index in [2.05, 4.69) is 4.74 Å². The number of benzene rings is 2. The lowest BCUT2D eigenvalue weighted by atomic mass is 10.2. The molecule has 0 spiro atoms. The molecule has 0 radical (unpaired) electrons. The predicted octanol–water partition coefficient (Wildman–Crippen LogP) is 3.41. The topological polar surface area (TPSA) is 88.9 Å². The van der Waals surface area contributed by atoms with Crippen LogP contribution < -0.4 is 14.4 Å². The Labute approximate surface area is 171 Å². The van der Waals surface area contributed by atoms with Crippen LogP contribution in [0.25, 0.3) is 6.08 Å². The number of alkyl halides is 2. The van der Waals surface area contributed by atoms with Gasteiger partial charge in [-0.05, 0) is 35.9 Å². The molecule has 0 saturated carbocycles. The van der Waals surface area contributed by atoms with Gasteiger partial charge in [0.1, 0.15) is 6.54 Å².